The summed E-state index contributed by atoms with van der Waals surface area (Å²) in [6, 6.07) is 12.0. The monoisotopic (exact) mass is 473 g/mol. The van der Waals surface area contributed by atoms with Crippen LogP contribution in [0.4, 0.5) is 11.4 Å². The number of carbonyl (C=O) groups is 2. The lowest BCUT2D eigenvalue weighted by atomic mass is 10.2. The topological polar surface area (TPSA) is 96.5 Å². The molecular weight excluding hydrogens is 446 g/mol. The summed E-state index contributed by atoms with van der Waals surface area (Å²) in [5.74, 6) is 0.908. The molecule has 0 bridgehead atoms. The molecule has 2 aromatic carbocycles. The van der Waals surface area contributed by atoms with Crippen molar-refractivity contribution in [2.45, 2.75) is 24.8 Å². The Morgan fingerprint density at radius 2 is 1.76 bits per heavy atom. The van der Waals surface area contributed by atoms with E-state index in [9.17, 15) is 18.0 Å². The molecule has 2 aliphatic heterocycles. The summed E-state index contributed by atoms with van der Waals surface area (Å²) >= 11 is 0. The summed E-state index contributed by atoms with van der Waals surface area (Å²) in [7, 11) is -3.61. The molecule has 33 heavy (non-hydrogen) atoms. The Bertz CT molecular complexity index is 1130. The average molecular weight is 474 g/mol. The number of fused-ring (bicyclic) bond motifs is 1. The first-order chi connectivity index (χ1) is 15.8. The van der Waals surface area contributed by atoms with Crippen LogP contribution in [-0.4, -0.2) is 70.4 Å². The Morgan fingerprint density at radius 1 is 1.06 bits per heavy atom. The predicted molar refractivity (Wildman–Crippen MR) is 124 cm³/mol. The fourth-order valence-corrected chi connectivity index (χ4v) is 5.38. The third-order valence-electron chi connectivity index (χ3n) is 5.58. The van der Waals surface area contributed by atoms with Gasteiger partial charge in [-0.2, -0.15) is 4.31 Å². The van der Waals surface area contributed by atoms with Crippen molar-refractivity contribution in [2.24, 2.45) is 0 Å². The number of nitrogens with zero attached hydrogens (tertiary/aromatic N) is 3. The summed E-state index contributed by atoms with van der Waals surface area (Å²) in [5, 5.41) is 0. The third-order valence-corrected chi connectivity index (χ3v) is 7.49. The number of piperazine rings is 1. The molecule has 2 aromatic rings. The van der Waals surface area contributed by atoms with Crippen LogP contribution in [-0.2, 0) is 19.6 Å². The van der Waals surface area contributed by atoms with Gasteiger partial charge in [-0.15, -0.1) is 0 Å². The van der Waals surface area contributed by atoms with Crippen LogP contribution in [0.15, 0.2) is 47.4 Å². The first kappa shape index (κ1) is 23.1. The first-order valence-electron chi connectivity index (χ1n) is 10.8. The Labute approximate surface area is 193 Å². The molecule has 176 valence electrons. The van der Waals surface area contributed by atoms with Crippen LogP contribution < -0.4 is 19.3 Å². The molecule has 10 heteroatoms. The highest BCUT2D eigenvalue weighted by molar-refractivity contribution is 7.89. The Kier molecular flexibility index (Phi) is 6.57. The van der Waals surface area contributed by atoms with Gasteiger partial charge >= 0.3 is 0 Å². The zero-order chi connectivity index (χ0) is 23.6. The van der Waals surface area contributed by atoms with Crippen LogP contribution in [0.5, 0.6) is 11.5 Å². The largest absolute Gasteiger partial charge is 0.491 e. The molecule has 0 radical (unpaired) electrons. The molecule has 4 rings (SSSR count). The van der Waals surface area contributed by atoms with Gasteiger partial charge in [0.2, 0.25) is 10.0 Å². The van der Waals surface area contributed by atoms with E-state index < -0.39 is 10.0 Å². The van der Waals surface area contributed by atoms with Gasteiger partial charge in [0.1, 0.15) is 17.8 Å². The summed E-state index contributed by atoms with van der Waals surface area (Å²) < 4.78 is 38.7. The van der Waals surface area contributed by atoms with Crippen molar-refractivity contribution in [3.8, 4) is 11.5 Å². The van der Waals surface area contributed by atoms with Gasteiger partial charge in [-0.25, -0.2) is 8.42 Å². The van der Waals surface area contributed by atoms with E-state index >= 15 is 0 Å². The highest BCUT2D eigenvalue weighted by atomic mass is 32.2. The van der Waals surface area contributed by atoms with Gasteiger partial charge in [0.15, 0.2) is 6.61 Å². The van der Waals surface area contributed by atoms with Crippen LogP contribution in [0.3, 0.4) is 0 Å². The molecule has 0 unspecified atom stereocenters. The van der Waals surface area contributed by atoms with E-state index in [1.807, 2.05) is 26.0 Å². The van der Waals surface area contributed by atoms with E-state index in [1.165, 1.54) is 9.21 Å². The molecule has 0 saturated carbocycles. The maximum Gasteiger partial charge on any atom is 0.265 e. The minimum Gasteiger partial charge on any atom is -0.491 e. The van der Waals surface area contributed by atoms with Crippen LogP contribution in [0, 0.1) is 0 Å². The summed E-state index contributed by atoms with van der Waals surface area (Å²) in [4.78, 5) is 26.9. The normalized spacial score (nSPS) is 17.0. The number of rotatable bonds is 7. The lowest BCUT2D eigenvalue weighted by Gasteiger charge is -2.36. The minimum absolute atomic E-state index is 0.0133. The number of aldehydes is 1. The number of amides is 1. The van der Waals surface area contributed by atoms with E-state index in [1.54, 1.807) is 30.3 Å². The smallest absolute Gasteiger partial charge is 0.265 e. The highest BCUT2D eigenvalue weighted by Gasteiger charge is 2.30. The minimum atomic E-state index is -3.61. The second kappa shape index (κ2) is 9.40. The average Bonchev–Trinajstić information content (AvgIpc) is 2.81. The van der Waals surface area contributed by atoms with Crippen molar-refractivity contribution in [1.82, 2.24) is 4.31 Å². The third kappa shape index (κ3) is 4.81. The fraction of sp³-hybridized carbons (Fsp3) is 0.391. The van der Waals surface area contributed by atoms with E-state index in [2.05, 4.69) is 4.90 Å². The maximum atomic E-state index is 13.1. The van der Waals surface area contributed by atoms with Crippen molar-refractivity contribution < 1.29 is 27.5 Å². The molecule has 1 saturated heterocycles. The zero-order valence-electron chi connectivity index (χ0n) is 18.6. The molecule has 9 nitrogen and oxygen atoms in total. The maximum absolute atomic E-state index is 13.1. The summed E-state index contributed by atoms with van der Waals surface area (Å²) in [6.45, 7) is 5.35. The van der Waals surface area contributed by atoms with Gasteiger partial charge < -0.3 is 19.2 Å². The van der Waals surface area contributed by atoms with Gasteiger partial charge in [0.25, 0.3) is 5.91 Å². The first-order valence-corrected chi connectivity index (χ1v) is 12.3. The molecule has 0 aromatic heterocycles. The Morgan fingerprint density at radius 3 is 2.39 bits per heavy atom. The zero-order valence-corrected chi connectivity index (χ0v) is 19.5. The molecule has 1 fully saturated rings. The van der Waals surface area contributed by atoms with Crippen molar-refractivity contribution in [2.75, 3.05) is 49.1 Å². The van der Waals surface area contributed by atoms with Crippen LogP contribution in [0.2, 0.25) is 0 Å². The molecule has 0 aliphatic carbocycles. The van der Waals surface area contributed by atoms with Gasteiger partial charge in [-0.1, -0.05) is 0 Å². The van der Waals surface area contributed by atoms with Crippen molar-refractivity contribution in [3.05, 3.63) is 42.5 Å². The lowest BCUT2D eigenvalue weighted by Crippen LogP contribution is -2.48. The van der Waals surface area contributed by atoms with Gasteiger partial charge in [-0.05, 0) is 56.3 Å². The molecule has 0 atom stereocenters. The van der Waals surface area contributed by atoms with E-state index in [0.717, 1.165) is 5.69 Å². The standard InChI is InChI=1S/C23H27N3O6S/c1-17(2)32-19-4-6-20(7-5-19)33(29,30)25-11-9-24(10-12-25)18-3-8-22-21(15-18)26(13-14-27)23(28)16-31-22/h3-8,14-15,17H,9-13,16H2,1-2H3. The number of sulfonamides is 1. The summed E-state index contributed by atoms with van der Waals surface area (Å²) in [6.07, 6.45) is 0.699. The predicted octanol–water partition coefficient (Wildman–Crippen LogP) is 1.91. The van der Waals surface area contributed by atoms with Gasteiger partial charge in [0, 0.05) is 31.9 Å². The highest BCUT2D eigenvalue weighted by Crippen LogP contribution is 2.36. The molecule has 2 heterocycles. The molecule has 0 N–H and O–H groups in total. The molecule has 0 spiro atoms. The second-order valence-corrected chi connectivity index (χ2v) is 10.1. The molecule has 1 amide bonds. The van der Waals surface area contributed by atoms with Crippen molar-refractivity contribution in [3.63, 3.8) is 0 Å². The summed E-state index contributed by atoms with van der Waals surface area (Å²) in [5.41, 5.74) is 1.39. The van der Waals surface area contributed by atoms with E-state index in [0.29, 0.717) is 49.7 Å². The molecular formula is C23H27N3O6S. The number of hydrogen-bond acceptors (Lipinski definition) is 7. The van der Waals surface area contributed by atoms with E-state index in [4.69, 9.17) is 9.47 Å². The Hall–Kier alpha value is -3.11. The second-order valence-electron chi connectivity index (χ2n) is 8.14. The number of carbonyl (C=O) groups excluding carboxylic acids is 2. The molecule has 2 aliphatic rings. The lowest BCUT2D eigenvalue weighted by molar-refractivity contribution is -0.122. The number of anilines is 2. The number of benzene rings is 2. The van der Waals surface area contributed by atoms with Crippen molar-refractivity contribution in [1.29, 1.82) is 0 Å². The van der Waals surface area contributed by atoms with Crippen LogP contribution in [0.25, 0.3) is 0 Å². The van der Waals surface area contributed by atoms with E-state index in [-0.39, 0.29) is 30.1 Å². The quantitative estimate of drug-likeness (QED) is 0.567. The van der Waals surface area contributed by atoms with Crippen molar-refractivity contribution >= 4 is 33.6 Å². The number of hydrogen-bond donors (Lipinski definition) is 0. The van der Waals surface area contributed by atoms with Gasteiger partial charge in [0.05, 0.1) is 23.2 Å². The number of ether oxygens (including phenoxy) is 2. The van der Waals surface area contributed by atoms with Crippen LogP contribution >= 0.6 is 0 Å². The fourth-order valence-electron chi connectivity index (χ4n) is 3.96. The van der Waals surface area contributed by atoms with Crippen LogP contribution in [0.1, 0.15) is 13.8 Å². The van der Waals surface area contributed by atoms with Gasteiger partial charge in [-0.3, -0.25) is 9.69 Å². The Balaban J connectivity index is 1.46. The SMILES string of the molecule is CC(C)Oc1ccc(S(=O)(=O)N2CCN(c3ccc4c(c3)N(CC=O)C(=O)CO4)CC2)cc1.